The summed E-state index contributed by atoms with van der Waals surface area (Å²) in [4.78, 5) is 13.3. The summed E-state index contributed by atoms with van der Waals surface area (Å²) >= 11 is 0. The summed E-state index contributed by atoms with van der Waals surface area (Å²) in [6, 6.07) is 7.42. The van der Waals surface area contributed by atoms with Crippen molar-refractivity contribution in [1.29, 1.82) is 0 Å². The molecule has 1 unspecified atom stereocenters. The molecule has 2 N–H and O–H groups in total. The molecule has 84 valence electrons. The van der Waals surface area contributed by atoms with Crippen molar-refractivity contribution >= 4 is 16.9 Å². The van der Waals surface area contributed by atoms with Crippen LogP contribution in [0.2, 0.25) is 0 Å². The minimum atomic E-state index is -1.14. The minimum Gasteiger partial charge on any atom is -0.550 e. The van der Waals surface area contributed by atoms with Crippen molar-refractivity contribution in [3.8, 4) is 0 Å². The van der Waals surface area contributed by atoms with Gasteiger partial charge in [-0.05, 0) is 42.0 Å². The number of aromatic amines is 1. The molecule has 0 saturated heterocycles. The molecule has 0 amide bonds. The number of aliphatic hydroxyl groups is 1. The molecule has 2 aromatic rings. The van der Waals surface area contributed by atoms with Gasteiger partial charge in [-0.2, -0.15) is 0 Å². The predicted octanol–water partition coefficient (Wildman–Crippen LogP) is -2.26. The molecule has 0 bridgehead atoms. The van der Waals surface area contributed by atoms with Crippen molar-refractivity contribution in [2.45, 2.75) is 18.9 Å². The van der Waals surface area contributed by atoms with Gasteiger partial charge in [0.1, 0.15) is 0 Å². The number of carbonyl (C=O) groups excluding carboxylic acids is 1. The third-order valence-corrected chi connectivity index (χ3v) is 2.58. The first-order valence-corrected chi connectivity index (χ1v) is 5.12. The van der Waals surface area contributed by atoms with Crippen LogP contribution >= 0.6 is 0 Å². The second-order valence-electron chi connectivity index (χ2n) is 3.75. The van der Waals surface area contributed by atoms with E-state index in [0.717, 1.165) is 16.5 Å². The topological polar surface area (TPSA) is 76.2 Å². The number of rotatable bonds is 4. The summed E-state index contributed by atoms with van der Waals surface area (Å²) in [5, 5.41) is 21.0. The third kappa shape index (κ3) is 3.57. The molecule has 0 aliphatic heterocycles. The van der Waals surface area contributed by atoms with Crippen LogP contribution in [0.1, 0.15) is 24.5 Å². The van der Waals surface area contributed by atoms with Crippen molar-refractivity contribution in [1.82, 2.24) is 4.98 Å². The molecule has 1 aromatic carbocycles. The molecule has 0 fully saturated rings. The zero-order valence-corrected chi connectivity index (χ0v) is 11.6. The monoisotopic (exact) mass is 241 g/mol. The number of fused-ring (bicyclic) bond motifs is 1. The molecule has 0 radical (unpaired) electrons. The Hall–Kier alpha value is -0.810. The van der Waals surface area contributed by atoms with E-state index in [2.05, 4.69) is 4.98 Å². The first-order chi connectivity index (χ1) is 7.66. The van der Waals surface area contributed by atoms with Gasteiger partial charge >= 0.3 is 29.6 Å². The van der Waals surface area contributed by atoms with Crippen LogP contribution in [0.3, 0.4) is 0 Å². The number of benzene rings is 1. The van der Waals surface area contributed by atoms with Gasteiger partial charge in [0.25, 0.3) is 0 Å². The van der Waals surface area contributed by atoms with Gasteiger partial charge in [0.05, 0.1) is 6.10 Å². The number of aliphatic hydroxyl groups excluding tert-OH is 1. The van der Waals surface area contributed by atoms with E-state index in [1.54, 1.807) is 6.07 Å². The second kappa shape index (κ2) is 6.21. The average molecular weight is 241 g/mol. The van der Waals surface area contributed by atoms with Gasteiger partial charge in [-0.1, -0.05) is 6.07 Å². The summed E-state index contributed by atoms with van der Waals surface area (Å²) in [7, 11) is 0. The minimum absolute atomic E-state index is 0. The molecule has 1 aromatic heterocycles. The average Bonchev–Trinajstić information content (AvgIpc) is 2.72. The largest absolute Gasteiger partial charge is 1.00 e. The van der Waals surface area contributed by atoms with E-state index in [-0.39, 0.29) is 42.4 Å². The van der Waals surface area contributed by atoms with E-state index >= 15 is 0 Å². The summed E-state index contributed by atoms with van der Waals surface area (Å²) in [5.41, 5.74) is 1.73. The zero-order chi connectivity index (χ0) is 11.5. The number of hydrogen-bond donors (Lipinski definition) is 2. The second-order valence-corrected chi connectivity index (χ2v) is 3.75. The molecule has 1 heterocycles. The molecule has 0 spiro atoms. The quantitative estimate of drug-likeness (QED) is 0.593. The van der Waals surface area contributed by atoms with Crippen molar-refractivity contribution < 1.29 is 44.6 Å². The Bertz CT molecular complexity index is 509. The van der Waals surface area contributed by atoms with E-state index in [1.165, 1.54) is 0 Å². The summed E-state index contributed by atoms with van der Waals surface area (Å²) in [6.45, 7) is 0. The van der Waals surface area contributed by atoms with Crippen LogP contribution in [-0.4, -0.2) is 16.1 Å². The Morgan fingerprint density at radius 2 is 2.18 bits per heavy atom. The van der Waals surface area contributed by atoms with Gasteiger partial charge < -0.3 is 20.0 Å². The normalized spacial score (nSPS) is 12.1. The van der Waals surface area contributed by atoms with Gasteiger partial charge in [0, 0.05) is 17.7 Å². The predicted molar refractivity (Wildman–Crippen MR) is 57.5 cm³/mol. The van der Waals surface area contributed by atoms with Crippen molar-refractivity contribution in [3.63, 3.8) is 0 Å². The molecular formula is C12H12NNaO3. The molecule has 0 saturated carbocycles. The van der Waals surface area contributed by atoms with Gasteiger partial charge in [-0.25, -0.2) is 0 Å². The van der Waals surface area contributed by atoms with E-state index in [1.807, 2.05) is 24.4 Å². The number of carboxylic acid groups (broad SMARTS) is 1. The number of hydrogen-bond acceptors (Lipinski definition) is 3. The number of carbonyl (C=O) groups is 1. The summed E-state index contributed by atoms with van der Waals surface area (Å²) in [6.07, 6.45) is 1.12. The van der Waals surface area contributed by atoms with Gasteiger partial charge in [-0.15, -0.1) is 0 Å². The fourth-order valence-corrected chi connectivity index (χ4v) is 1.70. The van der Waals surface area contributed by atoms with E-state index in [9.17, 15) is 15.0 Å². The molecular weight excluding hydrogens is 229 g/mol. The van der Waals surface area contributed by atoms with E-state index in [0.29, 0.717) is 0 Å². The van der Waals surface area contributed by atoms with Crippen molar-refractivity contribution in [3.05, 3.63) is 36.0 Å². The number of aliphatic carboxylic acids is 1. The smallest absolute Gasteiger partial charge is 0.550 e. The molecule has 1 atom stereocenters. The molecule has 4 nitrogen and oxygen atoms in total. The first kappa shape index (κ1) is 14.3. The van der Waals surface area contributed by atoms with Crippen LogP contribution in [0.15, 0.2) is 30.5 Å². The number of nitrogens with one attached hydrogen (secondary N) is 1. The van der Waals surface area contributed by atoms with E-state index in [4.69, 9.17) is 0 Å². The zero-order valence-electron chi connectivity index (χ0n) is 9.64. The maximum atomic E-state index is 10.3. The first-order valence-electron chi connectivity index (χ1n) is 5.12. The van der Waals surface area contributed by atoms with Crippen LogP contribution < -0.4 is 34.7 Å². The Morgan fingerprint density at radius 3 is 2.88 bits per heavy atom. The molecule has 0 aliphatic rings. The molecule has 17 heavy (non-hydrogen) atoms. The number of H-pyrrole nitrogens is 1. The van der Waals surface area contributed by atoms with Crippen LogP contribution in [0.5, 0.6) is 0 Å². The molecule has 5 heteroatoms. The third-order valence-electron chi connectivity index (χ3n) is 2.58. The fraction of sp³-hybridized carbons (Fsp3) is 0.250. The van der Waals surface area contributed by atoms with Crippen LogP contribution in [0.25, 0.3) is 10.9 Å². The Labute approximate surface area is 121 Å². The summed E-state index contributed by atoms with van der Waals surface area (Å²) < 4.78 is 0. The van der Waals surface area contributed by atoms with Crippen LogP contribution in [-0.2, 0) is 4.79 Å². The maximum absolute atomic E-state index is 10.3. The van der Waals surface area contributed by atoms with Crippen molar-refractivity contribution in [2.75, 3.05) is 0 Å². The Balaban J connectivity index is 0.00000144. The number of carboxylic acids is 1. The van der Waals surface area contributed by atoms with E-state index < -0.39 is 12.1 Å². The fourth-order valence-electron chi connectivity index (χ4n) is 1.70. The standard InChI is InChI=1S/C12H13NO3.Na/c14-11(3-4-12(15)16)9-1-2-10-8(7-9)5-6-13-10;/h1-2,5-7,11,13-14H,3-4H2,(H,15,16);/q;+1/p-1. The molecule has 0 aliphatic carbocycles. The van der Waals surface area contributed by atoms with Crippen molar-refractivity contribution in [2.24, 2.45) is 0 Å². The Kier molecular flexibility index (Phi) is 5.21. The number of aromatic nitrogens is 1. The summed E-state index contributed by atoms with van der Waals surface area (Å²) in [5.74, 6) is -1.14. The van der Waals surface area contributed by atoms with Crippen LogP contribution in [0, 0.1) is 0 Å². The van der Waals surface area contributed by atoms with Gasteiger partial charge in [0.15, 0.2) is 0 Å². The van der Waals surface area contributed by atoms with Crippen LogP contribution in [0.4, 0.5) is 0 Å². The maximum Gasteiger partial charge on any atom is 1.00 e. The molecule has 2 rings (SSSR count). The van der Waals surface area contributed by atoms with Gasteiger partial charge in [0.2, 0.25) is 0 Å². The Morgan fingerprint density at radius 1 is 1.41 bits per heavy atom. The van der Waals surface area contributed by atoms with Gasteiger partial charge in [-0.3, -0.25) is 0 Å². The SMILES string of the molecule is O=C([O-])CCC(O)c1ccc2[nH]ccc2c1.[Na+].